The topological polar surface area (TPSA) is 58.9 Å². The van der Waals surface area contributed by atoms with Crippen molar-refractivity contribution >= 4 is 39.4 Å². The number of rotatable bonds is 4. The molecule has 1 aliphatic carbocycles. The van der Waals surface area contributed by atoms with E-state index >= 15 is 0 Å². The Kier molecular flexibility index (Phi) is 4.91. The Balaban J connectivity index is 1.30. The van der Waals surface area contributed by atoms with Crippen LogP contribution in [0.15, 0.2) is 98.2 Å². The van der Waals surface area contributed by atoms with Gasteiger partial charge in [-0.2, -0.15) is 0 Å². The zero-order chi connectivity index (χ0) is 25.1. The number of benzene rings is 3. The number of anilines is 2. The zero-order valence-corrected chi connectivity index (χ0v) is 20.8. The normalized spacial score (nSPS) is 15.1. The standard InChI is InChI=1S/C30H23ClN6/c1-18-23-13-10-20(30-25(8-5-9-26(30)31)28-17-36(35-34-28)22-11-12-22)14-27(23)33-19(2)37(18)29-16-32-15-21-6-3-4-7-24(21)29/h3-10,13-17,22,33H,1-2,11-12H2. The smallest absolute Gasteiger partial charge is 0.113 e. The van der Waals surface area contributed by atoms with Crippen LogP contribution in [0.4, 0.5) is 11.4 Å². The first kappa shape index (κ1) is 21.8. The zero-order valence-electron chi connectivity index (χ0n) is 20.0. The van der Waals surface area contributed by atoms with Gasteiger partial charge in [0, 0.05) is 50.1 Å². The first-order valence-corrected chi connectivity index (χ1v) is 12.6. The van der Waals surface area contributed by atoms with E-state index in [0.29, 0.717) is 16.9 Å². The van der Waals surface area contributed by atoms with E-state index in [-0.39, 0.29) is 0 Å². The van der Waals surface area contributed by atoms with E-state index in [4.69, 9.17) is 11.6 Å². The van der Waals surface area contributed by atoms with Crippen LogP contribution in [0.5, 0.6) is 0 Å². The Morgan fingerprint density at radius 1 is 0.946 bits per heavy atom. The lowest BCUT2D eigenvalue weighted by Crippen LogP contribution is -2.29. The molecule has 7 rings (SSSR count). The van der Waals surface area contributed by atoms with Crippen LogP contribution in [0.25, 0.3) is 38.9 Å². The van der Waals surface area contributed by atoms with Gasteiger partial charge in [-0.05, 0) is 30.5 Å². The van der Waals surface area contributed by atoms with Gasteiger partial charge in [0.05, 0.1) is 24.1 Å². The van der Waals surface area contributed by atoms with Crippen molar-refractivity contribution in [2.24, 2.45) is 0 Å². The molecule has 0 bridgehead atoms. The quantitative estimate of drug-likeness (QED) is 0.275. The average molecular weight is 503 g/mol. The van der Waals surface area contributed by atoms with E-state index < -0.39 is 0 Å². The molecule has 2 aliphatic rings. The molecule has 1 N–H and O–H groups in total. The number of nitrogens with one attached hydrogen (secondary N) is 1. The maximum Gasteiger partial charge on any atom is 0.113 e. The van der Waals surface area contributed by atoms with E-state index in [1.807, 2.05) is 58.5 Å². The Morgan fingerprint density at radius 2 is 1.81 bits per heavy atom. The first-order chi connectivity index (χ1) is 18.1. The van der Waals surface area contributed by atoms with Gasteiger partial charge in [-0.3, -0.25) is 9.88 Å². The van der Waals surface area contributed by atoms with Crippen LogP contribution in [0.3, 0.4) is 0 Å². The second-order valence-electron chi connectivity index (χ2n) is 9.47. The first-order valence-electron chi connectivity index (χ1n) is 12.2. The summed E-state index contributed by atoms with van der Waals surface area (Å²) in [5, 5.41) is 15.1. The lowest BCUT2D eigenvalue weighted by atomic mass is 9.94. The molecule has 0 radical (unpaired) electrons. The number of fused-ring (bicyclic) bond motifs is 2. The van der Waals surface area contributed by atoms with Crippen molar-refractivity contribution in [2.45, 2.75) is 18.9 Å². The number of hydrogen-bond donors (Lipinski definition) is 1. The van der Waals surface area contributed by atoms with Crippen LogP contribution in [-0.2, 0) is 0 Å². The van der Waals surface area contributed by atoms with Gasteiger partial charge >= 0.3 is 0 Å². The maximum absolute atomic E-state index is 6.77. The Hall–Kier alpha value is -4.42. The lowest BCUT2D eigenvalue weighted by Gasteiger charge is -2.35. The molecule has 2 aromatic heterocycles. The Bertz CT molecular complexity index is 1730. The van der Waals surface area contributed by atoms with E-state index in [2.05, 4.69) is 64.1 Å². The number of aromatic nitrogens is 4. The minimum absolute atomic E-state index is 0.466. The van der Waals surface area contributed by atoms with Crippen LogP contribution in [0.2, 0.25) is 5.02 Å². The molecule has 180 valence electrons. The van der Waals surface area contributed by atoms with Crippen molar-refractivity contribution in [3.8, 4) is 22.4 Å². The lowest BCUT2D eigenvalue weighted by molar-refractivity contribution is 0.610. The molecule has 1 saturated carbocycles. The van der Waals surface area contributed by atoms with Gasteiger partial charge in [-0.1, -0.05) is 78.5 Å². The summed E-state index contributed by atoms with van der Waals surface area (Å²) in [6.45, 7) is 8.75. The fourth-order valence-electron chi connectivity index (χ4n) is 5.07. The highest BCUT2D eigenvalue weighted by Gasteiger charge is 2.28. The van der Waals surface area contributed by atoms with Crippen LogP contribution in [-0.4, -0.2) is 20.0 Å². The highest BCUT2D eigenvalue weighted by Crippen LogP contribution is 2.44. The second-order valence-corrected chi connectivity index (χ2v) is 9.88. The summed E-state index contributed by atoms with van der Waals surface area (Å²) >= 11 is 6.77. The number of halogens is 1. The molecule has 0 spiro atoms. The molecule has 7 heteroatoms. The van der Waals surface area contributed by atoms with Crippen molar-refractivity contribution in [1.82, 2.24) is 20.0 Å². The largest absolute Gasteiger partial charge is 0.341 e. The molecule has 3 heterocycles. The molecule has 6 nitrogen and oxygen atoms in total. The van der Waals surface area contributed by atoms with Gasteiger partial charge in [0.15, 0.2) is 0 Å². The van der Waals surface area contributed by atoms with Gasteiger partial charge in [-0.25, -0.2) is 4.68 Å². The Morgan fingerprint density at radius 3 is 2.68 bits per heavy atom. The summed E-state index contributed by atoms with van der Waals surface area (Å²) in [6.07, 6.45) is 8.04. The van der Waals surface area contributed by atoms with Crippen molar-refractivity contribution in [2.75, 3.05) is 10.2 Å². The molecular weight excluding hydrogens is 480 g/mol. The van der Waals surface area contributed by atoms with Crippen molar-refractivity contribution in [1.29, 1.82) is 0 Å². The number of nitrogens with zero attached hydrogens (tertiary/aromatic N) is 5. The molecule has 5 aromatic rings. The molecule has 1 fully saturated rings. The van der Waals surface area contributed by atoms with Crippen molar-refractivity contribution in [3.05, 3.63) is 109 Å². The fourth-order valence-corrected chi connectivity index (χ4v) is 5.35. The molecule has 0 unspecified atom stereocenters. The van der Waals surface area contributed by atoms with E-state index in [9.17, 15) is 0 Å². The molecule has 0 amide bonds. The minimum Gasteiger partial charge on any atom is -0.341 e. The average Bonchev–Trinajstić information content (AvgIpc) is 3.64. The number of hydrogen-bond acceptors (Lipinski definition) is 5. The maximum atomic E-state index is 6.77. The van der Waals surface area contributed by atoms with Crippen LogP contribution in [0.1, 0.15) is 24.4 Å². The van der Waals surface area contributed by atoms with Gasteiger partial charge in [0.25, 0.3) is 0 Å². The summed E-state index contributed by atoms with van der Waals surface area (Å²) in [5.74, 6) is 0.708. The molecule has 1 aliphatic heterocycles. The molecular formula is C30H23ClN6. The van der Waals surface area contributed by atoms with Gasteiger partial charge < -0.3 is 5.32 Å². The number of pyridine rings is 1. The van der Waals surface area contributed by atoms with Gasteiger partial charge in [0.1, 0.15) is 11.5 Å². The minimum atomic E-state index is 0.466. The van der Waals surface area contributed by atoms with Crippen LogP contribution in [0, 0.1) is 0 Å². The third-order valence-corrected chi connectivity index (χ3v) is 7.36. The van der Waals surface area contributed by atoms with E-state index in [1.165, 1.54) is 0 Å². The highest BCUT2D eigenvalue weighted by molar-refractivity contribution is 6.34. The van der Waals surface area contributed by atoms with Crippen LogP contribution < -0.4 is 10.2 Å². The third-order valence-electron chi connectivity index (χ3n) is 7.05. The van der Waals surface area contributed by atoms with Crippen LogP contribution >= 0.6 is 11.6 Å². The summed E-state index contributed by atoms with van der Waals surface area (Å²) < 4.78 is 1.96. The summed E-state index contributed by atoms with van der Waals surface area (Å²) in [4.78, 5) is 6.47. The highest BCUT2D eigenvalue weighted by atomic mass is 35.5. The second kappa shape index (κ2) is 8.32. The summed E-state index contributed by atoms with van der Waals surface area (Å²) in [5.41, 5.74) is 7.34. The Labute approximate surface area is 219 Å². The van der Waals surface area contributed by atoms with Crippen molar-refractivity contribution < 1.29 is 0 Å². The summed E-state index contributed by atoms with van der Waals surface area (Å²) in [6, 6.07) is 20.8. The van der Waals surface area contributed by atoms with E-state index in [1.54, 1.807) is 0 Å². The molecule has 37 heavy (non-hydrogen) atoms. The third kappa shape index (κ3) is 3.60. The summed E-state index contributed by atoms with van der Waals surface area (Å²) in [7, 11) is 0. The molecule has 0 saturated heterocycles. The fraction of sp³-hybridized carbons (Fsp3) is 0.100. The predicted octanol–water partition coefficient (Wildman–Crippen LogP) is 7.52. The monoisotopic (exact) mass is 502 g/mol. The molecule has 0 atom stereocenters. The van der Waals surface area contributed by atoms with Crippen molar-refractivity contribution in [3.63, 3.8) is 0 Å². The van der Waals surface area contributed by atoms with Gasteiger partial charge in [0.2, 0.25) is 0 Å². The molecule has 3 aromatic carbocycles. The SMILES string of the molecule is C=C1Nc2cc(-c3c(Cl)cccc3-c3cn(C4CC4)nn3)ccc2C(=C)N1c1cncc2ccccc12. The van der Waals surface area contributed by atoms with Gasteiger partial charge in [-0.15, -0.1) is 5.10 Å². The predicted molar refractivity (Wildman–Crippen MR) is 150 cm³/mol. The van der Waals surface area contributed by atoms with E-state index in [0.717, 1.165) is 68.6 Å².